The molecule has 26 heavy (non-hydrogen) atoms. The molecule has 5 nitrogen and oxygen atoms in total. The molecule has 3 heterocycles. The van der Waals surface area contributed by atoms with Crippen molar-refractivity contribution in [2.45, 2.75) is 18.2 Å². The third kappa shape index (κ3) is 3.17. The van der Waals surface area contributed by atoms with Gasteiger partial charge in [-0.05, 0) is 42.3 Å². The molecule has 2 aromatic rings. The number of anilines is 1. The second-order valence-corrected chi connectivity index (χ2v) is 7.06. The Balaban J connectivity index is 1.67. The molecular weight excluding hydrogens is 351 g/mol. The second kappa shape index (κ2) is 6.84. The van der Waals surface area contributed by atoms with Crippen LogP contribution in [0, 0.1) is 12.7 Å². The SMILES string of the molecule is Cc1ccncc1C1=CC2SC=NC2C(C(=O)Nc2ccc(F)cn2)=C1. The van der Waals surface area contributed by atoms with Crippen molar-refractivity contribution in [2.75, 3.05) is 5.32 Å². The van der Waals surface area contributed by atoms with Crippen molar-refractivity contribution in [3.05, 3.63) is 71.5 Å². The molecule has 7 heteroatoms. The first-order valence-corrected chi connectivity index (χ1v) is 9.00. The minimum Gasteiger partial charge on any atom is -0.307 e. The lowest BCUT2D eigenvalue weighted by Crippen LogP contribution is -2.30. The molecule has 0 fully saturated rings. The van der Waals surface area contributed by atoms with Crippen molar-refractivity contribution in [1.82, 2.24) is 9.97 Å². The van der Waals surface area contributed by atoms with Crippen LogP contribution in [0.2, 0.25) is 0 Å². The molecule has 0 radical (unpaired) electrons. The maximum atomic E-state index is 13.0. The van der Waals surface area contributed by atoms with Crippen LogP contribution < -0.4 is 5.32 Å². The summed E-state index contributed by atoms with van der Waals surface area (Å²) in [6.45, 7) is 2.01. The lowest BCUT2D eigenvalue weighted by molar-refractivity contribution is -0.113. The van der Waals surface area contributed by atoms with Gasteiger partial charge in [-0.2, -0.15) is 0 Å². The van der Waals surface area contributed by atoms with Crippen LogP contribution >= 0.6 is 11.8 Å². The van der Waals surface area contributed by atoms with Gasteiger partial charge in [-0.25, -0.2) is 9.37 Å². The van der Waals surface area contributed by atoms with Crippen LogP contribution in [0.15, 0.2) is 59.5 Å². The standard InChI is InChI=1S/C19H15FN4OS/c1-11-4-5-21-9-15(11)12-6-14(18-16(7-12)26-10-23-18)19(25)24-17-3-2-13(20)8-22-17/h2-10,16,18H,1H3,(H,22,24,25). The highest BCUT2D eigenvalue weighted by molar-refractivity contribution is 8.13. The number of carbonyl (C=O) groups is 1. The number of aromatic nitrogens is 2. The number of aliphatic imine (C=N–C) groups is 1. The van der Waals surface area contributed by atoms with Crippen LogP contribution in [0.3, 0.4) is 0 Å². The number of fused-ring (bicyclic) bond motifs is 1. The number of nitrogens with one attached hydrogen (secondary N) is 1. The number of hydrogen-bond acceptors (Lipinski definition) is 5. The van der Waals surface area contributed by atoms with Crippen LogP contribution in [0.4, 0.5) is 10.2 Å². The summed E-state index contributed by atoms with van der Waals surface area (Å²) in [5.41, 5.74) is 5.37. The molecule has 4 rings (SSSR count). The highest BCUT2D eigenvalue weighted by Crippen LogP contribution is 2.37. The Bertz CT molecular complexity index is 952. The molecule has 130 valence electrons. The minimum absolute atomic E-state index is 0.0662. The van der Waals surface area contributed by atoms with Gasteiger partial charge in [-0.15, -0.1) is 11.8 Å². The van der Waals surface area contributed by atoms with Gasteiger partial charge < -0.3 is 5.32 Å². The molecule has 1 N–H and O–H groups in total. The lowest BCUT2D eigenvalue weighted by Gasteiger charge is -2.23. The van der Waals surface area contributed by atoms with Crippen molar-refractivity contribution in [2.24, 2.45) is 4.99 Å². The van der Waals surface area contributed by atoms with Crippen molar-refractivity contribution in [3.8, 4) is 0 Å². The van der Waals surface area contributed by atoms with Gasteiger partial charge in [0, 0.05) is 23.5 Å². The van der Waals surface area contributed by atoms with Gasteiger partial charge in [0.2, 0.25) is 0 Å². The number of carbonyl (C=O) groups excluding carboxylic acids is 1. The zero-order valence-corrected chi connectivity index (χ0v) is 14.7. The fourth-order valence-corrected chi connectivity index (χ4v) is 3.90. The van der Waals surface area contributed by atoms with Gasteiger partial charge in [0.15, 0.2) is 0 Å². The van der Waals surface area contributed by atoms with Crippen LogP contribution in [0.5, 0.6) is 0 Å². The first-order valence-electron chi connectivity index (χ1n) is 8.06. The van der Waals surface area contributed by atoms with Gasteiger partial charge in [-0.1, -0.05) is 6.08 Å². The van der Waals surface area contributed by atoms with Crippen LogP contribution in [-0.2, 0) is 4.79 Å². The van der Waals surface area contributed by atoms with E-state index in [4.69, 9.17) is 0 Å². The smallest absolute Gasteiger partial charge is 0.254 e. The summed E-state index contributed by atoms with van der Waals surface area (Å²) in [7, 11) is 0. The maximum absolute atomic E-state index is 13.0. The number of halogens is 1. The van der Waals surface area contributed by atoms with Crippen molar-refractivity contribution < 1.29 is 9.18 Å². The lowest BCUT2D eigenvalue weighted by atomic mass is 9.89. The minimum atomic E-state index is -0.450. The van der Waals surface area contributed by atoms with E-state index in [1.54, 1.807) is 29.7 Å². The molecular formula is C19H15FN4OS. The first-order chi connectivity index (χ1) is 12.6. The molecule has 0 saturated carbocycles. The summed E-state index contributed by atoms with van der Waals surface area (Å²) in [6, 6.07) is 4.40. The van der Waals surface area contributed by atoms with Crippen molar-refractivity contribution in [3.63, 3.8) is 0 Å². The van der Waals surface area contributed by atoms with Crippen molar-refractivity contribution in [1.29, 1.82) is 0 Å². The van der Waals surface area contributed by atoms with E-state index in [0.717, 1.165) is 22.9 Å². The normalized spacial score (nSPS) is 21.0. The number of rotatable bonds is 3. The summed E-state index contributed by atoms with van der Waals surface area (Å²) >= 11 is 1.59. The Morgan fingerprint density at radius 3 is 2.92 bits per heavy atom. The predicted octanol–water partition coefficient (Wildman–Crippen LogP) is 3.40. The average Bonchev–Trinajstić information content (AvgIpc) is 3.11. The number of amides is 1. The third-order valence-electron chi connectivity index (χ3n) is 4.31. The Hall–Kier alpha value is -2.80. The molecule has 2 atom stereocenters. The largest absolute Gasteiger partial charge is 0.307 e. The number of allylic oxidation sites excluding steroid dienone is 2. The highest BCUT2D eigenvalue weighted by atomic mass is 32.2. The van der Waals surface area contributed by atoms with E-state index in [1.165, 1.54) is 12.1 Å². The molecule has 2 aromatic heterocycles. The summed E-state index contributed by atoms with van der Waals surface area (Å²) < 4.78 is 13.0. The average molecular weight is 366 g/mol. The van der Waals surface area contributed by atoms with E-state index in [9.17, 15) is 9.18 Å². The monoisotopic (exact) mass is 366 g/mol. The van der Waals surface area contributed by atoms with Crippen LogP contribution in [0.1, 0.15) is 11.1 Å². The molecule has 0 spiro atoms. The molecule has 1 amide bonds. The molecule has 2 aliphatic rings. The third-order valence-corrected chi connectivity index (χ3v) is 5.26. The fraction of sp³-hybridized carbons (Fsp3) is 0.158. The molecule has 1 aliphatic carbocycles. The topological polar surface area (TPSA) is 67.2 Å². The quantitative estimate of drug-likeness (QED) is 0.904. The number of aryl methyl sites for hydroxylation is 1. The van der Waals surface area contributed by atoms with Gasteiger partial charge >= 0.3 is 0 Å². The number of pyridine rings is 2. The van der Waals surface area contributed by atoms with E-state index >= 15 is 0 Å². The predicted molar refractivity (Wildman–Crippen MR) is 102 cm³/mol. The number of thioether (sulfide) groups is 1. The van der Waals surface area contributed by atoms with Crippen LogP contribution in [0.25, 0.3) is 5.57 Å². The van der Waals surface area contributed by atoms with Crippen molar-refractivity contribution >= 4 is 34.6 Å². The Morgan fingerprint density at radius 1 is 1.27 bits per heavy atom. The Kier molecular flexibility index (Phi) is 4.38. The number of hydrogen-bond donors (Lipinski definition) is 1. The fourth-order valence-electron chi connectivity index (χ4n) is 2.97. The molecule has 1 aliphatic heterocycles. The van der Waals surface area contributed by atoms with Gasteiger partial charge in [-0.3, -0.25) is 14.8 Å². The van der Waals surface area contributed by atoms with Gasteiger partial charge in [0.1, 0.15) is 11.6 Å². The van der Waals surface area contributed by atoms with E-state index in [-0.39, 0.29) is 17.2 Å². The zero-order chi connectivity index (χ0) is 18.1. The molecule has 0 saturated heterocycles. The van der Waals surface area contributed by atoms with Crippen LogP contribution in [-0.4, -0.2) is 32.7 Å². The molecule has 2 unspecified atom stereocenters. The number of nitrogens with zero attached hydrogens (tertiary/aromatic N) is 3. The molecule has 0 bridgehead atoms. The molecule has 0 aromatic carbocycles. The van der Waals surface area contributed by atoms with E-state index < -0.39 is 5.82 Å². The Morgan fingerprint density at radius 2 is 2.15 bits per heavy atom. The summed E-state index contributed by atoms with van der Waals surface area (Å²) in [5.74, 6) is -0.433. The zero-order valence-electron chi connectivity index (χ0n) is 13.9. The summed E-state index contributed by atoms with van der Waals surface area (Å²) in [6.07, 6.45) is 8.60. The van der Waals surface area contributed by atoms with E-state index in [1.807, 2.05) is 19.1 Å². The first kappa shape index (κ1) is 16.7. The van der Waals surface area contributed by atoms with E-state index in [2.05, 4.69) is 26.4 Å². The summed E-state index contributed by atoms with van der Waals surface area (Å²) in [4.78, 5) is 25.3. The second-order valence-electron chi connectivity index (χ2n) is 6.03. The highest BCUT2D eigenvalue weighted by Gasteiger charge is 2.34. The maximum Gasteiger partial charge on any atom is 0.254 e. The summed E-state index contributed by atoms with van der Waals surface area (Å²) in [5, 5.41) is 2.79. The van der Waals surface area contributed by atoms with E-state index in [0.29, 0.717) is 11.4 Å². The van der Waals surface area contributed by atoms with Gasteiger partial charge in [0.05, 0.1) is 23.0 Å². The van der Waals surface area contributed by atoms with Gasteiger partial charge in [0.25, 0.3) is 5.91 Å². The Labute approximate surface area is 154 Å².